The molecule has 1 atom stereocenters. The molecule has 1 rings (SSSR count). The van der Waals surface area contributed by atoms with Gasteiger partial charge in [0.25, 0.3) is 0 Å². The molecule has 0 fully saturated rings. The number of aromatic nitrogens is 1. The second-order valence-corrected chi connectivity index (χ2v) is 11.6. The standard InChI is InChI=1S/C23H36N2.C7H16.C3H8.C3H4.3C2H6.C2H4/c1-9-12-18(6)16-20(8)25(21(11-3)13-10-2)23-19(7)14-15-22(24-23)17(4)5;1-6(2)7(3,4)5;2*1-3-2;4*1-2/h12,14-15,21H,4,8-11,13,16H2,1-3,5-7H3;6H,1-5H3;3H2,1-2H3;1H,2H3;3*1-2H3;1-2H2/b18-12+;;;;;;;. The van der Waals surface area contributed by atoms with Gasteiger partial charge in [-0.15, -0.1) is 25.5 Å². The van der Waals surface area contributed by atoms with Crippen LogP contribution < -0.4 is 4.90 Å². The molecule has 1 unspecified atom stereocenters. The first-order chi connectivity index (χ1) is 21.6. The summed E-state index contributed by atoms with van der Waals surface area (Å²) in [5.41, 5.74) is 6.16. The molecule has 0 aromatic carbocycles. The van der Waals surface area contributed by atoms with Crippen molar-refractivity contribution in [2.24, 2.45) is 11.3 Å². The molecule has 2 heteroatoms. The van der Waals surface area contributed by atoms with Crippen LogP contribution in [0.2, 0.25) is 0 Å². The first kappa shape index (κ1) is 58.9. The van der Waals surface area contributed by atoms with Crippen molar-refractivity contribution in [3.63, 3.8) is 0 Å². The summed E-state index contributed by atoms with van der Waals surface area (Å²) < 4.78 is 0. The van der Waals surface area contributed by atoms with Gasteiger partial charge < -0.3 is 4.90 Å². The molecule has 0 spiro atoms. The Hall–Kier alpha value is -2.53. The molecule has 0 saturated carbocycles. The maximum Gasteiger partial charge on any atom is 0.136 e. The molecule has 0 aliphatic carbocycles. The number of terminal acetylenes is 1. The number of anilines is 1. The van der Waals surface area contributed by atoms with E-state index in [2.05, 4.69) is 145 Å². The smallest absolute Gasteiger partial charge is 0.136 e. The van der Waals surface area contributed by atoms with Crippen molar-refractivity contribution < 1.29 is 0 Å². The SMILES string of the molecule is C#CC.C=C.C=C(C)c1ccc(C)c(N(C(=C)C/C(C)=C/CC)C(CC)CCC)n1.CC.CC.CC.CC(C)C(C)(C)C.CCC. The van der Waals surface area contributed by atoms with Crippen molar-refractivity contribution in [3.8, 4) is 12.3 Å². The van der Waals surface area contributed by atoms with Crippen LogP contribution in [-0.2, 0) is 0 Å². The van der Waals surface area contributed by atoms with Crippen LogP contribution in [0.5, 0.6) is 0 Å². The normalized spacial score (nSPS) is 9.96. The van der Waals surface area contributed by atoms with Crippen LogP contribution in [-0.4, -0.2) is 11.0 Å². The predicted molar refractivity (Wildman–Crippen MR) is 223 cm³/mol. The number of hydrogen-bond acceptors (Lipinski definition) is 2. The zero-order valence-corrected chi connectivity index (χ0v) is 35.4. The van der Waals surface area contributed by atoms with E-state index >= 15 is 0 Å². The first-order valence-corrected chi connectivity index (χ1v) is 18.3. The largest absolute Gasteiger partial charge is 0.327 e. The van der Waals surface area contributed by atoms with Crippen molar-refractivity contribution in [1.29, 1.82) is 0 Å². The summed E-state index contributed by atoms with van der Waals surface area (Å²) in [6.07, 6.45) is 13.5. The highest BCUT2D eigenvalue weighted by atomic mass is 15.2. The quantitative estimate of drug-likeness (QED) is 0.186. The highest BCUT2D eigenvalue weighted by Crippen LogP contribution is 2.30. The molecule has 0 radical (unpaired) electrons. The summed E-state index contributed by atoms with van der Waals surface area (Å²) >= 11 is 0. The summed E-state index contributed by atoms with van der Waals surface area (Å²) in [6.45, 7) is 56.7. The van der Waals surface area contributed by atoms with E-state index in [1.165, 1.54) is 17.6 Å². The van der Waals surface area contributed by atoms with Gasteiger partial charge in [0.1, 0.15) is 5.82 Å². The maximum absolute atomic E-state index is 4.94. The second kappa shape index (κ2) is 42.5. The molecule has 0 N–H and O–H groups in total. The van der Waals surface area contributed by atoms with Gasteiger partial charge in [-0.1, -0.05) is 154 Å². The Kier molecular flexibility index (Phi) is 54.4. The van der Waals surface area contributed by atoms with Crippen molar-refractivity contribution in [2.75, 3.05) is 4.90 Å². The molecule has 2 nitrogen and oxygen atoms in total. The lowest BCUT2D eigenvalue weighted by molar-refractivity contribution is 0.283. The molecule has 1 heterocycles. The third kappa shape index (κ3) is 34.3. The van der Waals surface area contributed by atoms with Crippen LogP contribution in [0.15, 0.2) is 55.8 Å². The van der Waals surface area contributed by atoms with Crippen LogP contribution >= 0.6 is 0 Å². The van der Waals surface area contributed by atoms with Crippen LogP contribution in [0.4, 0.5) is 5.82 Å². The summed E-state index contributed by atoms with van der Waals surface area (Å²) in [5, 5.41) is 0. The number of pyridine rings is 1. The van der Waals surface area contributed by atoms with Gasteiger partial charge in [0, 0.05) is 18.2 Å². The average Bonchev–Trinajstić information content (AvgIpc) is 3.02. The lowest BCUT2D eigenvalue weighted by atomic mass is 9.84. The monoisotopic (exact) mass is 643 g/mol. The molecule has 0 amide bonds. The van der Waals surface area contributed by atoms with Gasteiger partial charge in [-0.25, -0.2) is 4.98 Å². The molecule has 1 aromatic heterocycles. The first-order valence-electron chi connectivity index (χ1n) is 18.3. The second-order valence-electron chi connectivity index (χ2n) is 11.6. The third-order valence-corrected chi connectivity index (χ3v) is 6.30. The number of aryl methyl sites for hydroxylation is 1. The molecular weight excluding hydrogens is 556 g/mol. The topological polar surface area (TPSA) is 16.1 Å². The van der Waals surface area contributed by atoms with Crippen molar-refractivity contribution in [3.05, 3.63) is 67.1 Å². The van der Waals surface area contributed by atoms with Crippen LogP contribution in [0.25, 0.3) is 5.57 Å². The van der Waals surface area contributed by atoms with Crippen LogP contribution in [0.1, 0.15) is 181 Å². The summed E-state index contributed by atoms with van der Waals surface area (Å²) in [6, 6.07) is 4.64. The fourth-order valence-corrected chi connectivity index (χ4v) is 3.26. The Morgan fingerprint density at radius 1 is 0.935 bits per heavy atom. The minimum absolute atomic E-state index is 0.429. The lowest BCUT2D eigenvalue weighted by Crippen LogP contribution is -2.35. The zero-order valence-electron chi connectivity index (χ0n) is 35.4. The minimum atomic E-state index is 0.429. The number of allylic oxidation sites excluding steroid dienone is 3. The Balaban J connectivity index is -0.000000119. The molecule has 1 aromatic rings. The van der Waals surface area contributed by atoms with Gasteiger partial charge in [-0.3, -0.25) is 0 Å². The van der Waals surface area contributed by atoms with E-state index in [0.29, 0.717) is 11.5 Å². The van der Waals surface area contributed by atoms with E-state index in [0.717, 1.165) is 60.8 Å². The Bertz CT molecular complexity index is 859. The fourth-order valence-electron chi connectivity index (χ4n) is 3.26. The van der Waals surface area contributed by atoms with E-state index < -0.39 is 0 Å². The number of hydrogen-bond donors (Lipinski definition) is 0. The van der Waals surface area contributed by atoms with E-state index in [-0.39, 0.29) is 0 Å². The predicted octanol–water partition coefficient (Wildman–Crippen LogP) is 15.7. The number of nitrogens with zero attached hydrogens (tertiary/aromatic N) is 2. The van der Waals surface area contributed by atoms with E-state index in [4.69, 9.17) is 4.98 Å². The van der Waals surface area contributed by atoms with Crippen molar-refractivity contribution in [2.45, 2.75) is 183 Å². The third-order valence-electron chi connectivity index (χ3n) is 6.30. The van der Waals surface area contributed by atoms with Gasteiger partial charge in [-0.2, -0.15) is 0 Å². The zero-order chi connectivity index (χ0) is 38.5. The van der Waals surface area contributed by atoms with E-state index in [9.17, 15) is 0 Å². The summed E-state index contributed by atoms with van der Waals surface area (Å²) in [5.74, 6) is 4.09. The molecule has 272 valence electrons. The van der Waals surface area contributed by atoms with Gasteiger partial charge in [0.05, 0.1) is 5.69 Å². The molecule has 0 bridgehead atoms. The van der Waals surface area contributed by atoms with Gasteiger partial charge in [0.15, 0.2) is 0 Å². The van der Waals surface area contributed by atoms with Crippen molar-refractivity contribution in [1.82, 2.24) is 4.98 Å². The minimum Gasteiger partial charge on any atom is -0.327 e. The highest BCUT2D eigenvalue weighted by Gasteiger charge is 2.23. The van der Waals surface area contributed by atoms with Crippen LogP contribution in [0.3, 0.4) is 0 Å². The van der Waals surface area contributed by atoms with E-state index in [1.54, 1.807) is 6.92 Å². The van der Waals surface area contributed by atoms with Crippen LogP contribution in [0, 0.1) is 30.6 Å². The average molecular weight is 643 g/mol. The number of rotatable bonds is 10. The summed E-state index contributed by atoms with van der Waals surface area (Å²) in [7, 11) is 0. The Labute approximate surface area is 294 Å². The van der Waals surface area contributed by atoms with Crippen molar-refractivity contribution >= 4 is 11.4 Å². The molecule has 46 heavy (non-hydrogen) atoms. The lowest BCUT2D eigenvalue weighted by Gasteiger charge is -2.35. The van der Waals surface area contributed by atoms with Gasteiger partial charge in [0.2, 0.25) is 0 Å². The molecule has 0 saturated heterocycles. The fraction of sp³-hybridized carbons (Fsp3) is 0.659. The Morgan fingerprint density at radius 2 is 1.33 bits per heavy atom. The highest BCUT2D eigenvalue weighted by molar-refractivity contribution is 5.63. The Morgan fingerprint density at radius 3 is 1.61 bits per heavy atom. The molecule has 0 aliphatic heterocycles. The molecule has 0 aliphatic rings. The van der Waals surface area contributed by atoms with E-state index in [1.807, 2.05) is 48.5 Å². The molecular formula is C44H86N2. The maximum atomic E-state index is 4.94. The summed E-state index contributed by atoms with van der Waals surface area (Å²) in [4.78, 5) is 7.33. The van der Waals surface area contributed by atoms with Gasteiger partial charge in [-0.05, 0) is 75.5 Å². The van der Waals surface area contributed by atoms with Gasteiger partial charge >= 0.3 is 0 Å².